The van der Waals surface area contributed by atoms with Crippen LogP contribution in [0.3, 0.4) is 0 Å². The Labute approximate surface area is 115 Å². The van der Waals surface area contributed by atoms with E-state index in [-0.39, 0.29) is 16.3 Å². The van der Waals surface area contributed by atoms with Crippen LogP contribution in [0.5, 0.6) is 0 Å². The van der Waals surface area contributed by atoms with Gasteiger partial charge in [0.1, 0.15) is 11.6 Å². The number of rotatable bonds is 3. The van der Waals surface area contributed by atoms with Gasteiger partial charge in [-0.15, -0.1) is 0 Å². The fraction of sp³-hybridized carbons (Fsp3) is 0.0769. The average Bonchev–Trinajstić information content (AvgIpc) is 2.37. The first-order valence-electron chi connectivity index (χ1n) is 5.63. The Balaban J connectivity index is 2.35. The summed E-state index contributed by atoms with van der Waals surface area (Å²) in [6, 6.07) is 6.97. The normalized spacial score (nSPS) is 11.3. The third-order valence-corrected chi connectivity index (χ3v) is 4.07. The highest BCUT2D eigenvalue weighted by molar-refractivity contribution is 7.92. The Bertz CT molecular complexity index is 761. The van der Waals surface area contributed by atoms with Crippen molar-refractivity contribution in [3.8, 4) is 0 Å². The number of halogens is 2. The fourth-order valence-electron chi connectivity index (χ4n) is 1.60. The molecule has 0 fully saturated rings. The average molecular weight is 298 g/mol. The molecule has 0 bridgehead atoms. The van der Waals surface area contributed by atoms with Crippen molar-refractivity contribution in [3.63, 3.8) is 0 Å². The summed E-state index contributed by atoms with van der Waals surface area (Å²) >= 11 is 0. The standard InChI is InChI=1S/C13H12F2N2O2S/c1-8-6-9(2-4-11(8)14)17-20(18,19)10-3-5-13(16)12(15)7-10/h2-7,17H,16H2,1H3. The largest absolute Gasteiger partial charge is 0.396 e. The molecule has 0 spiro atoms. The maximum atomic E-state index is 13.3. The molecule has 0 aliphatic rings. The number of hydrogen-bond donors (Lipinski definition) is 2. The van der Waals surface area contributed by atoms with E-state index < -0.39 is 21.7 Å². The Hall–Kier alpha value is -2.15. The first-order chi connectivity index (χ1) is 9.29. The van der Waals surface area contributed by atoms with E-state index in [1.54, 1.807) is 0 Å². The number of aryl methyl sites for hydroxylation is 1. The van der Waals surface area contributed by atoms with Crippen LogP contribution in [0.2, 0.25) is 0 Å². The van der Waals surface area contributed by atoms with Crippen LogP contribution >= 0.6 is 0 Å². The number of nitrogen functional groups attached to an aromatic ring is 1. The molecule has 2 aromatic rings. The van der Waals surface area contributed by atoms with Crippen LogP contribution in [0.4, 0.5) is 20.2 Å². The van der Waals surface area contributed by atoms with Crippen molar-refractivity contribution >= 4 is 21.4 Å². The van der Waals surface area contributed by atoms with E-state index in [2.05, 4.69) is 4.72 Å². The van der Waals surface area contributed by atoms with Gasteiger partial charge in [0.15, 0.2) is 0 Å². The fourth-order valence-corrected chi connectivity index (χ4v) is 2.66. The molecule has 106 valence electrons. The topological polar surface area (TPSA) is 72.2 Å². The van der Waals surface area contributed by atoms with Crippen molar-refractivity contribution in [2.45, 2.75) is 11.8 Å². The summed E-state index contributed by atoms with van der Waals surface area (Å²) in [4.78, 5) is -0.258. The first-order valence-corrected chi connectivity index (χ1v) is 7.12. The third-order valence-electron chi connectivity index (χ3n) is 2.69. The van der Waals surface area contributed by atoms with Gasteiger partial charge in [0.25, 0.3) is 10.0 Å². The summed E-state index contributed by atoms with van der Waals surface area (Å²) < 4.78 is 52.8. The van der Waals surface area contributed by atoms with E-state index >= 15 is 0 Å². The first kappa shape index (κ1) is 14.3. The second-order valence-electron chi connectivity index (χ2n) is 4.25. The van der Waals surface area contributed by atoms with Gasteiger partial charge < -0.3 is 5.73 Å². The van der Waals surface area contributed by atoms with E-state index in [1.807, 2.05) is 0 Å². The lowest BCUT2D eigenvalue weighted by Gasteiger charge is -2.09. The van der Waals surface area contributed by atoms with Gasteiger partial charge >= 0.3 is 0 Å². The van der Waals surface area contributed by atoms with Crippen molar-refractivity contribution < 1.29 is 17.2 Å². The molecule has 0 saturated heterocycles. The van der Waals surface area contributed by atoms with Gasteiger partial charge in [-0.05, 0) is 48.9 Å². The predicted molar refractivity (Wildman–Crippen MR) is 72.8 cm³/mol. The van der Waals surface area contributed by atoms with E-state index in [0.717, 1.165) is 12.1 Å². The van der Waals surface area contributed by atoms with Crippen LogP contribution < -0.4 is 10.5 Å². The summed E-state index contributed by atoms with van der Waals surface area (Å²) in [7, 11) is -3.95. The van der Waals surface area contributed by atoms with Crippen molar-refractivity contribution in [3.05, 3.63) is 53.6 Å². The van der Waals surface area contributed by atoms with Gasteiger partial charge in [-0.25, -0.2) is 17.2 Å². The number of benzene rings is 2. The number of sulfonamides is 1. The third kappa shape index (κ3) is 2.88. The second-order valence-corrected chi connectivity index (χ2v) is 5.94. The molecule has 0 amide bonds. The number of nitrogens with two attached hydrogens (primary N) is 1. The minimum atomic E-state index is -3.95. The van der Waals surface area contributed by atoms with Crippen LogP contribution in [0.1, 0.15) is 5.56 Å². The molecular formula is C13H12F2N2O2S. The minimum absolute atomic E-state index is 0.137. The molecule has 2 rings (SSSR count). The van der Waals surface area contributed by atoms with Crippen LogP contribution in [0, 0.1) is 18.6 Å². The minimum Gasteiger partial charge on any atom is -0.396 e. The van der Waals surface area contributed by atoms with Crippen molar-refractivity contribution in [1.82, 2.24) is 0 Å². The zero-order valence-corrected chi connectivity index (χ0v) is 11.3. The Morgan fingerprint density at radius 2 is 1.75 bits per heavy atom. The van der Waals surface area contributed by atoms with E-state index in [4.69, 9.17) is 5.73 Å². The molecule has 3 N–H and O–H groups in total. The summed E-state index contributed by atoms with van der Waals surface area (Å²) in [6.07, 6.45) is 0. The Morgan fingerprint density at radius 3 is 2.35 bits per heavy atom. The molecule has 0 aliphatic heterocycles. The van der Waals surface area contributed by atoms with Gasteiger partial charge in [-0.3, -0.25) is 4.72 Å². The van der Waals surface area contributed by atoms with Crippen molar-refractivity contribution in [2.75, 3.05) is 10.5 Å². The molecule has 0 radical (unpaired) electrons. The molecule has 2 aromatic carbocycles. The zero-order chi connectivity index (χ0) is 14.9. The molecule has 0 heterocycles. The van der Waals surface area contributed by atoms with Crippen LogP contribution in [-0.2, 0) is 10.0 Å². The van der Waals surface area contributed by atoms with Gasteiger partial charge in [0.2, 0.25) is 0 Å². The zero-order valence-electron chi connectivity index (χ0n) is 10.5. The molecule has 0 unspecified atom stereocenters. The molecule has 0 aromatic heterocycles. The molecule has 0 saturated carbocycles. The highest BCUT2D eigenvalue weighted by Gasteiger charge is 2.16. The molecule has 4 nitrogen and oxygen atoms in total. The molecule has 7 heteroatoms. The summed E-state index contributed by atoms with van der Waals surface area (Å²) in [6.45, 7) is 1.51. The van der Waals surface area contributed by atoms with Gasteiger partial charge in [-0.2, -0.15) is 0 Å². The smallest absolute Gasteiger partial charge is 0.261 e. The maximum absolute atomic E-state index is 13.3. The van der Waals surface area contributed by atoms with Crippen LogP contribution in [0.15, 0.2) is 41.3 Å². The summed E-state index contributed by atoms with van der Waals surface area (Å²) in [5.74, 6) is -1.25. The van der Waals surface area contributed by atoms with Crippen LogP contribution in [-0.4, -0.2) is 8.42 Å². The van der Waals surface area contributed by atoms with Gasteiger partial charge in [0, 0.05) is 5.69 Å². The van der Waals surface area contributed by atoms with Gasteiger partial charge in [0.05, 0.1) is 10.6 Å². The highest BCUT2D eigenvalue weighted by atomic mass is 32.2. The quantitative estimate of drug-likeness (QED) is 0.856. The van der Waals surface area contributed by atoms with Crippen molar-refractivity contribution in [1.29, 1.82) is 0 Å². The molecule has 0 aliphatic carbocycles. The molecule has 0 atom stereocenters. The number of anilines is 2. The van der Waals surface area contributed by atoms with Crippen LogP contribution in [0.25, 0.3) is 0 Å². The lowest BCUT2D eigenvalue weighted by atomic mass is 10.2. The molecular weight excluding hydrogens is 286 g/mol. The monoisotopic (exact) mass is 298 g/mol. The van der Waals surface area contributed by atoms with Gasteiger partial charge in [-0.1, -0.05) is 0 Å². The maximum Gasteiger partial charge on any atom is 0.261 e. The van der Waals surface area contributed by atoms with E-state index in [0.29, 0.717) is 5.56 Å². The summed E-state index contributed by atoms with van der Waals surface area (Å²) in [5, 5.41) is 0. The lowest BCUT2D eigenvalue weighted by Crippen LogP contribution is -2.13. The second kappa shape index (κ2) is 5.09. The highest BCUT2D eigenvalue weighted by Crippen LogP contribution is 2.21. The Kier molecular flexibility index (Phi) is 3.63. The van der Waals surface area contributed by atoms with Crippen molar-refractivity contribution in [2.24, 2.45) is 0 Å². The van der Waals surface area contributed by atoms with E-state index in [9.17, 15) is 17.2 Å². The number of hydrogen-bond acceptors (Lipinski definition) is 3. The van der Waals surface area contributed by atoms with E-state index in [1.165, 1.54) is 31.2 Å². The Morgan fingerprint density at radius 1 is 1.05 bits per heavy atom. The number of nitrogens with one attached hydrogen (secondary N) is 1. The summed E-state index contributed by atoms with van der Waals surface area (Å²) in [5.41, 5.74) is 5.65. The molecule has 20 heavy (non-hydrogen) atoms. The lowest BCUT2D eigenvalue weighted by molar-refractivity contribution is 0.596. The SMILES string of the molecule is Cc1cc(NS(=O)(=O)c2ccc(N)c(F)c2)ccc1F. The predicted octanol–water partition coefficient (Wildman–Crippen LogP) is 2.66.